The van der Waals surface area contributed by atoms with Crippen LogP contribution in [-0.2, 0) is 11.3 Å². The predicted molar refractivity (Wildman–Crippen MR) is 61.3 cm³/mol. The van der Waals surface area contributed by atoms with Crippen LogP contribution in [0, 0.1) is 10.2 Å². The van der Waals surface area contributed by atoms with E-state index in [9.17, 15) is 0 Å². The van der Waals surface area contributed by atoms with Gasteiger partial charge in [-0.2, -0.15) is 14.0 Å². The molecule has 0 aromatic heterocycles. The fraction of sp³-hybridized carbons (Fsp3) is 0.417. The van der Waals surface area contributed by atoms with Crippen molar-refractivity contribution in [3.63, 3.8) is 0 Å². The molecule has 1 aromatic carbocycles. The summed E-state index contributed by atoms with van der Waals surface area (Å²) in [5, 5.41) is 0. The van der Waals surface area contributed by atoms with Crippen LogP contribution in [0.1, 0.15) is 11.1 Å². The number of aliphatic imine (C=N–C) groups is 1. The Morgan fingerprint density at radius 3 is 2.40 bits per heavy atom. The van der Waals surface area contributed by atoms with Gasteiger partial charge in [0.1, 0.15) is 5.84 Å². The van der Waals surface area contributed by atoms with Gasteiger partial charge in [-0.1, -0.05) is 24.3 Å². The summed E-state index contributed by atoms with van der Waals surface area (Å²) in [5.74, 6) is 1.16. The van der Waals surface area contributed by atoms with E-state index in [-0.39, 0.29) is 0 Å². The number of nitrogens with zero attached hydrogens (tertiary/aromatic N) is 2. The van der Waals surface area contributed by atoms with Crippen LogP contribution in [0.15, 0.2) is 29.3 Å². The maximum Gasteiger partial charge on any atom is 0.131 e. The number of ether oxygens (including phenoxy) is 1. The van der Waals surface area contributed by atoms with Gasteiger partial charge in [-0.3, -0.25) is 4.99 Å². The van der Waals surface area contributed by atoms with Crippen molar-refractivity contribution in [3.8, 4) is 0 Å². The van der Waals surface area contributed by atoms with E-state index in [4.69, 9.17) is 23.4 Å². The highest BCUT2D eigenvalue weighted by Gasteiger charge is 2.22. The zero-order valence-corrected chi connectivity index (χ0v) is 11.5. The summed E-state index contributed by atoms with van der Waals surface area (Å²) < 4.78 is 38.1. The van der Waals surface area contributed by atoms with E-state index in [1.54, 1.807) is 0 Å². The van der Waals surface area contributed by atoms with E-state index in [0.717, 1.165) is 38.7 Å². The Balaban J connectivity index is 0.000000257. The molecular weight excluding hydrogens is 288 g/mol. The smallest absolute Gasteiger partial charge is 0.131 e. The van der Waals surface area contributed by atoms with Crippen molar-refractivity contribution in [1.29, 1.82) is 0 Å². The first-order chi connectivity index (χ1) is 9.45. The van der Waals surface area contributed by atoms with Gasteiger partial charge >= 0.3 is 0 Å². The molecule has 0 aliphatic carbocycles. The second-order valence-electron chi connectivity index (χ2n) is 4.29. The highest BCUT2D eigenvalue weighted by atomic mass is 35.7. The molecule has 0 radical (unpaired) electrons. The van der Waals surface area contributed by atoms with Crippen molar-refractivity contribution >= 4 is 5.84 Å². The first-order valence-corrected chi connectivity index (χ1v) is 7.30. The van der Waals surface area contributed by atoms with Gasteiger partial charge in [0.25, 0.3) is 0 Å². The predicted octanol–water partition coefficient (Wildman–Crippen LogP) is -2.84. The number of benzene rings is 1. The average molecular weight is 303 g/mol. The molecule has 3 rings (SSSR count). The summed E-state index contributed by atoms with van der Waals surface area (Å²) >= 11 is 0. The lowest BCUT2D eigenvalue weighted by Gasteiger charge is -2.28. The van der Waals surface area contributed by atoms with Crippen LogP contribution in [0.3, 0.4) is 0 Å². The minimum Gasteiger partial charge on any atom is -0.378 e. The van der Waals surface area contributed by atoms with Gasteiger partial charge < -0.3 is 9.64 Å². The Hall–Kier alpha value is -1.22. The molecule has 2 aliphatic heterocycles. The van der Waals surface area contributed by atoms with E-state index in [1.807, 2.05) is 0 Å². The number of amidine groups is 1. The molecule has 1 fully saturated rings. The van der Waals surface area contributed by atoms with E-state index in [0.29, 0.717) is 0 Å². The monoisotopic (exact) mass is 302 g/mol. The highest BCUT2D eigenvalue weighted by molar-refractivity contribution is 6.02. The number of hydrogen-bond acceptors (Lipinski definition) is 7. The standard InChI is InChI=1S/C12H14N2O.ClHO4/c1-2-4-11-10(3-1)9-13-12(11)14-5-7-15-8-6-14;2-1(3,4)5/h1-4H,5-9H2;(H,2,3,4,5). The SMILES string of the molecule is [O-][Cl+3]([O-])([O-])O.c1ccc2c(c1)CN=C2N1CCOCC1. The van der Waals surface area contributed by atoms with Crippen molar-refractivity contribution in [2.45, 2.75) is 6.54 Å². The molecule has 20 heavy (non-hydrogen) atoms. The van der Waals surface area contributed by atoms with Crippen LogP contribution in [0.4, 0.5) is 0 Å². The number of morpholine rings is 1. The Bertz CT molecular complexity index is 477. The van der Waals surface area contributed by atoms with Gasteiger partial charge in [0.15, 0.2) is 0 Å². The van der Waals surface area contributed by atoms with Gasteiger partial charge in [-0.05, 0) is 5.56 Å². The maximum atomic E-state index is 8.60. The molecule has 1 N–H and O–H groups in total. The average Bonchev–Trinajstić information content (AvgIpc) is 2.81. The largest absolute Gasteiger partial charge is 0.378 e. The number of halogens is 1. The van der Waals surface area contributed by atoms with Gasteiger partial charge in [-0.15, -0.1) is 0 Å². The Kier molecular flexibility index (Phi) is 4.92. The molecular formula is C12H15ClN2O5. The molecule has 0 unspecified atom stereocenters. The van der Waals surface area contributed by atoms with Crippen LogP contribution < -0.4 is 14.0 Å². The molecule has 2 aliphatic rings. The molecule has 2 heterocycles. The highest BCUT2D eigenvalue weighted by Crippen LogP contribution is 2.20. The molecule has 1 aromatic rings. The normalized spacial score (nSPS) is 18.0. The third kappa shape index (κ3) is 4.41. The molecule has 0 spiro atoms. The lowest BCUT2D eigenvalue weighted by atomic mass is 10.1. The van der Waals surface area contributed by atoms with Crippen LogP contribution >= 0.6 is 0 Å². The fourth-order valence-corrected chi connectivity index (χ4v) is 2.17. The van der Waals surface area contributed by atoms with Crippen LogP contribution in [0.25, 0.3) is 0 Å². The van der Waals surface area contributed by atoms with Crippen molar-refractivity contribution in [2.75, 3.05) is 26.3 Å². The zero-order valence-electron chi connectivity index (χ0n) is 10.7. The van der Waals surface area contributed by atoms with Crippen molar-refractivity contribution < 1.29 is 33.6 Å². The van der Waals surface area contributed by atoms with Gasteiger partial charge in [0, 0.05) is 18.7 Å². The molecule has 0 atom stereocenters. The summed E-state index contributed by atoms with van der Waals surface area (Å²) in [6, 6.07) is 8.49. The lowest BCUT2D eigenvalue weighted by Crippen LogP contribution is -2.58. The molecule has 0 bridgehead atoms. The van der Waals surface area contributed by atoms with Crippen LogP contribution in [-0.4, -0.2) is 41.7 Å². The maximum absolute atomic E-state index is 8.60. The Labute approximate surface area is 118 Å². The minimum absolute atomic E-state index is 0.821. The van der Waals surface area contributed by atoms with Crippen molar-refractivity contribution in [2.24, 2.45) is 4.99 Å². The van der Waals surface area contributed by atoms with Gasteiger partial charge in [0.05, 0.1) is 34.7 Å². The van der Waals surface area contributed by atoms with Crippen molar-refractivity contribution in [3.05, 3.63) is 35.4 Å². The summed E-state index contributed by atoms with van der Waals surface area (Å²) in [5.41, 5.74) is 2.65. The third-order valence-electron chi connectivity index (χ3n) is 2.97. The second kappa shape index (κ2) is 6.49. The van der Waals surface area contributed by atoms with E-state index < -0.39 is 10.2 Å². The molecule has 1 saturated heterocycles. The van der Waals surface area contributed by atoms with E-state index in [2.05, 4.69) is 34.2 Å². The number of rotatable bonds is 0. The molecule has 110 valence electrons. The molecule has 7 nitrogen and oxygen atoms in total. The first kappa shape index (κ1) is 15.2. The summed E-state index contributed by atoms with van der Waals surface area (Å²) in [6.07, 6.45) is 0. The summed E-state index contributed by atoms with van der Waals surface area (Å²) in [4.78, 5) is 6.94. The third-order valence-corrected chi connectivity index (χ3v) is 2.97. The van der Waals surface area contributed by atoms with Gasteiger partial charge in [0.2, 0.25) is 0 Å². The molecule has 0 amide bonds. The summed E-state index contributed by atoms with van der Waals surface area (Å²) in [6.45, 7) is 4.41. The number of hydrogen-bond donors (Lipinski definition) is 1. The lowest BCUT2D eigenvalue weighted by molar-refractivity contribution is -1.92. The molecule has 8 heteroatoms. The second-order valence-corrected chi connectivity index (χ2v) is 5.08. The summed E-state index contributed by atoms with van der Waals surface area (Å²) in [7, 11) is -4.69. The van der Waals surface area contributed by atoms with E-state index >= 15 is 0 Å². The van der Waals surface area contributed by atoms with Gasteiger partial charge in [-0.25, -0.2) is 0 Å². The van der Waals surface area contributed by atoms with Crippen LogP contribution in [0.5, 0.6) is 0 Å². The quantitative estimate of drug-likeness (QED) is 0.552. The zero-order chi connectivity index (χ0) is 14.6. The Morgan fingerprint density at radius 2 is 1.75 bits per heavy atom. The van der Waals surface area contributed by atoms with Crippen molar-refractivity contribution in [1.82, 2.24) is 4.90 Å². The van der Waals surface area contributed by atoms with Crippen LogP contribution in [0.2, 0.25) is 0 Å². The Morgan fingerprint density at radius 1 is 1.15 bits per heavy atom. The molecule has 0 saturated carbocycles. The number of fused-ring (bicyclic) bond motifs is 1. The van der Waals surface area contributed by atoms with E-state index in [1.165, 1.54) is 11.1 Å². The fourth-order valence-electron chi connectivity index (χ4n) is 2.17. The minimum atomic E-state index is -4.69. The topological polar surface area (TPSA) is 114 Å². The first-order valence-electron chi connectivity index (χ1n) is 6.04.